The van der Waals surface area contributed by atoms with Gasteiger partial charge < -0.3 is 4.74 Å². The minimum Gasteiger partial charge on any atom is -0.360 e. The van der Waals surface area contributed by atoms with E-state index in [9.17, 15) is 9.59 Å². The highest BCUT2D eigenvalue weighted by Crippen LogP contribution is 2.68. The molecule has 0 radical (unpaired) electrons. The number of carbonyl (C=O) groups excluding carboxylic acids is 2. The average Bonchev–Trinajstić information content (AvgIpc) is 2.73. The highest BCUT2D eigenvalue weighted by atomic mass is 16.6. The van der Waals surface area contributed by atoms with Crippen LogP contribution in [0.2, 0.25) is 0 Å². The minimum atomic E-state index is -0.462. The van der Waals surface area contributed by atoms with Crippen LogP contribution in [0.4, 0.5) is 0 Å². The van der Waals surface area contributed by atoms with Crippen LogP contribution in [-0.4, -0.2) is 23.8 Å². The molecule has 84 valence electrons. The first-order valence-corrected chi connectivity index (χ1v) is 6.12. The average molecular weight is 218 g/mol. The summed E-state index contributed by atoms with van der Waals surface area (Å²) in [4.78, 5) is 24.5. The van der Waals surface area contributed by atoms with E-state index < -0.39 is 5.41 Å². The second-order valence-corrected chi connectivity index (χ2v) is 5.46. The lowest BCUT2D eigenvalue weighted by molar-refractivity contribution is -0.141. The van der Waals surface area contributed by atoms with Crippen molar-refractivity contribution in [2.24, 2.45) is 23.2 Å². The number of hydrogen-bond donors (Lipinski definition) is 0. The van der Waals surface area contributed by atoms with Gasteiger partial charge in [-0.2, -0.15) is 0 Å². The Morgan fingerprint density at radius 2 is 2.38 bits per heavy atom. The SMILES string of the molecule is CCC(=O)[C@]12[C@@H]3O[C@@H]3C(=O)[C@@H]1[C@H]1C=C[C@H]2C1. The number of ketones is 2. The molecule has 0 aromatic rings. The molecule has 1 aliphatic heterocycles. The summed E-state index contributed by atoms with van der Waals surface area (Å²) in [5.41, 5.74) is -0.462. The van der Waals surface area contributed by atoms with Crippen molar-refractivity contribution < 1.29 is 14.3 Å². The van der Waals surface area contributed by atoms with Gasteiger partial charge >= 0.3 is 0 Å². The molecule has 0 unspecified atom stereocenters. The summed E-state index contributed by atoms with van der Waals surface area (Å²) >= 11 is 0. The summed E-state index contributed by atoms with van der Waals surface area (Å²) in [7, 11) is 0. The van der Waals surface area contributed by atoms with E-state index in [1.807, 2.05) is 6.92 Å². The van der Waals surface area contributed by atoms with Gasteiger partial charge in [0.25, 0.3) is 0 Å². The van der Waals surface area contributed by atoms with E-state index in [1.54, 1.807) is 0 Å². The molecule has 1 heterocycles. The molecule has 0 N–H and O–H groups in total. The van der Waals surface area contributed by atoms with Gasteiger partial charge in [-0.15, -0.1) is 0 Å². The van der Waals surface area contributed by atoms with Crippen molar-refractivity contribution in [2.75, 3.05) is 0 Å². The van der Waals surface area contributed by atoms with Crippen LogP contribution < -0.4 is 0 Å². The van der Waals surface area contributed by atoms with Crippen LogP contribution in [0.1, 0.15) is 19.8 Å². The molecule has 2 saturated carbocycles. The quantitative estimate of drug-likeness (QED) is 0.515. The number of allylic oxidation sites excluding steroid dienone is 2. The number of rotatable bonds is 2. The van der Waals surface area contributed by atoms with Crippen LogP contribution in [0.15, 0.2) is 12.2 Å². The van der Waals surface area contributed by atoms with Gasteiger partial charge in [0, 0.05) is 12.3 Å². The fraction of sp³-hybridized carbons (Fsp3) is 0.692. The van der Waals surface area contributed by atoms with E-state index in [4.69, 9.17) is 4.74 Å². The lowest BCUT2D eigenvalue weighted by Gasteiger charge is -2.35. The maximum atomic E-state index is 12.3. The van der Waals surface area contributed by atoms with Crippen LogP contribution in [0.3, 0.4) is 0 Å². The van der Waals surface area contributed by atoms with Gasteiger partial charge in [-0.3, -0.25) is 9.59 Å². The van der Waals surface area contributed by atoms with Crippen LogP contribution in [0.25, 0.3) is 0 Å². The Bertz CT molecular complexity index is 438. The third-order valence-electron chi connectivity index (χ3n) is 5.03. The Balaban J connectivity index is 1.90. The van der Waals surface area contributed by atoms with Crippen LogP contribution >= 0.6 is 0 Å². The summed E-state index contributed by atoms with van der Waals surface area (Å²) in [6, 6.07) is 0. The van der Waals surface area contributed by atoms with E-state index in [0.717, 1.165) is 6.42 Å². The van der Waals surface area contributed by atoms with Gasteiger partial charge in [0.15, 0.2) is 5.78 Å². The first-order chi connectivity index (χ1) is 7.71. The lowest BCUT2D eigenvalue weighted by Crippen LogP contribution is -2.45. The summed E-state index contributed by atoms with van der Waals surface area (Å²) in [5, 5.41) is 0. The minimum absolute atomic E-state index is 0.0568. The molecule has 0 aromatic heterocycles. The molecular formula is C13H14O3. The predicted molar refractivity (Wildman–Crippen MR) is 55.6 cm³/mol. The highest BCUT2D eigenvalue weighted by molar-refractivity contribution is 6.03. The first-order valence-electron chi connectivity index (χ1n) is 6.12. The number of fused-ring (bicyclic) bond motifs is 7. The topological polar surface area (TPSA) is 46.7 Å². The van der Waals surface area contributed by atoms with E-state index in [-0.39, 0.29) is 35.6 Å². The van der Waals surface area contributed by atoms with Crippen LogP contribution in [0.5, 0.6) is 0 Å². The van der Waals surface area contributed by atoms with Crippen molar-refractivity contribution in [3.8, 4) is 0 Å². The smallest absolute Gasteiger partial charge is 0.169 e. The van der Waals surface area contributed by atoms with Gasteiger partial charge in [-0.25, -0.2) is 0 Å². The maximum Gasteiger partial charge on any atom is 0.169 e. The van der Waals surface area contributed by atoms with Crippen molar-refractivity contribution in [3.63, 3.8) is 0 Å². The van der Waals surface area contributed by atoms with Gasteiger partial charge in [-0.05, 0) is 18.3 Å². The molecule has 4 rings (SSSR count). The second-order valence-electron chi connectivity index (χ2n) is 5.46. The van der Waals surface area contributed by atoms with E-state index in [2.05, 4.69) is 12.2 Å². The van der Waals surface area contributed by atoms with E-state index in [0.29, 0.717) is 12.3 Å². The van der Waals surface area contributed by atoms with Crippen molar-refractivity contribution in [1.29, 1.82) is 0 Å². The molecule has 2 bridgehead atoms. The number of Topliss-reactive ketones (excluding diaryl/α,β-unsaturated/α-hetero) is 2. The molecule has 0 spiro atoms. The van der Waals surface area contributed by atoms with E-state index in [1.165, 1.54) is 0 Å². The Kier molecular flexibility index (Phi) is 1.41. The van der Waals surface area contributed by atoms with E-state index >= 15 is 0 Å². The molecule has 6 atom stereocenters. The number of epoxide rings is 1. The Labute approximate surface area is 93.8 Å². The van der Waals surface area contributed by atoms with Crippen molar-refractivity contribution >= 4 is 11.6 Å². The third-order valence-corrected chi connectivity index (χ3v) is 5.03. The molecule has 3 aliphatic carbocycles. The molecule has 1 saturated heterocycles. The van der Waals surface area contributed by atoms with Gasteiger partial charge in [0.05, 0.1) is 5.41 Å². The van der Waals surface area contributed by atoms with Gasteiger partial charge in [0.1, 0.15) is 18.0 Å². The molecule has 3 fully saturated rings. The Hall–Kier alpha value is -0.960. The zero-order chi connectivity index (χ0) is 11.1. The monoisotopic (exact) mass is 218 g/mol. The molecule has 3 nitrogen and oxygen atoms in total. The molecule has 16 heavy (non-hydrogen) atoms. The standard InChI is InChI=1S/C13H14O3/c1-2-8(14)13-7-4-3-6(5-7)9(13)10(15)11-12(13)16-11/h3-4,6-7,9,11-12H,2,5H2,1H3/t6-,7-,9-,11+,12+,13-/m0/s1. The maximum absolute atomic E-state index is 12.3. The zero-order valence-electron chi connectivity index (χ0n) is 9.18. The van der Waals surface area contributed by atoms with Gasteiger partial charge in [-0.1, -0.05) is 19.1 Å². The number of carbonyl (C=O) groups is 2. The summed E-state index contributed by atoms with van der Waals surface area (Å²) in [6.07, 6.45) is 5.45. The summed E-state index contributed by atoms with van der Waals surface area (Å²) in [5.74, 6) is 0.954. The zero-order valence-corrected chi connectivity index (χ0v) is 9.18. The van der Waals surface area contributed by atoms with Crippen molar-refractivity contribution in [3.05, 3.63) is 12.2 Å². The molecule has 3 heteroatoms. The molecule has 0 amide bonds. The second kappa shape index (κ2) is 2.48. The molecule has 4 aliphatic rings. The summed E-state index contributed by atoms with van der Waals surface area (Å²) in [6.45, 7) is 1.89. The highest BCUT2D eigenvalue weighted by Gasteiger charge is 2.79. The largest absolute Gasteiger partial charge is 0.360 e. The Morgan fingerprint density at radius 3 is 3.12 bits per heavy atom. The van der Waals surface area contributed by atoms with Gasteiger partial charge in [0.2, 0.25) is 0 Å². The van der Waals surface area contributed by atoms with Crippen LogP contribution in [-0.2, 0) is 14.3 Å². The predicted octanol–water partition coefficient (Wildman–Crippen LogP) is 1.12. The third kappa shape index (κ3) is 0.698. The lowest BCUT2D eigenvalue weighted by atomic mass is 9.66. The van der Waals surface area contributed by atoms with Crippen LogP contribution in [0, 0.1) is 23.2 Å². The Morgan fingerprint density at radius 1 is 1.56 bits per heavy atom. The number of hydrogen-bond acceptors (Lipinski definition) is 3. The first kappa shape index (κ1) is 9.11. The number of ether oxygens (including phenoxy) is 1. The molecular weight excluding hydrogens is 204 g/mol. The summed E-state index contributed by atoms with van der Waals surface area (Å²) < 4.78 is 5.45. The normalized spacial score (nSPS) is 55.3. The van der Waals surface area contributed by atoms with Crippen molar-refractivity contribution in [1.82, 2.24) is 0 Å². The van der Waals surface area contributed by atoms with Crippen molar-refractivity contribution in [2.45, 2.75) is 32.0 Å². The fourth-order valence-corrected chi connectivity index (χ4v) is 4.46. The fourth-order valence-electron chi connectivity index (χ4n) is 4.46. The molecule has 0 aromatic carbocycles.